The smallest absolute Gasteiger partial charge is 0.255 e. The highest BCUT2D eigenvalue weighted by Gasteiger charge is 2.15. The molecule has 0 saturated carbocycles. The molecule has 0 spiro atoms. The number of carbonyl (C=O) groups excluding carboxylic acids is 1. The number of nitrogens with zero attached hydrogens (tertiary/aromatic N) is 2. The van der Waals surface area contributed by atoms with Gasteiger partial charge in [-0.1, -0.05) is 29.3 Å². The molecular weight excluding hydrogens is 430 g/mol. The molecule has 1 aromatic heterocycles. The molecule has 1 heterocycles. The van der Waals surface area contributed by atoms with Crippen molar-refractivity contribution in [3.8, 4) is 34.4 Å². The van der Waals surface area contributed by atoms with Crippen molar-refractivity contribution in [2.75, 3.05) is 19.5 Å². The van der Waals surface area contributed by atoms with Crippen LogP contribution in [0.15, 0.2) is 65.1 Å². The van der Waals surface area contributed by atoms with E-state index in [-0.39, 0.29) is 5.91 Å². The average molecular weight is 450 g/mol. The SMILES string of the molecule is COc1cc(OC)c(NC(=O)c2ccc(-c3nnc(-c4ccc(C)cc4)o3)cc2)cc1Cl. The summed E-state index contributed by atoms with van der Waals surface area (Å²) >= 11 is 6.18. The number of amides is 1. The summed E-state index contributed by atoms with van der Waals surface area (Å²) in [7, 11) is 3.01. The van der Waals surface area contributed by atoms with Crippen LogP contribution < -0.4 is 14.8 Å². The summed E-state index contributed by atoms with van der Waals surface area (Å²) in [6.07, 6.45) is 0. The minimum absolute atomic E-state index is 0.318. The Balaban J connectivity index is 1.51. The Hall–Kier alpha value is -3.84. The number of hydrogen-bond acceptors (Lipinski definition) is 6. The maximum Gasteiger partial charge on any atom is 0.255 e. The third-order valence-corrected chi connectivity index (χ3v) is 5.14. The van der Waals surface area contributed by atoms with Crippen LogP contribution >= 0.6 is 11.6 Å². The lowest BCUT2D eigenvalue weighted by molar-refractivity contribution is 0.102. The lowest BCUT2D eigenvalue weighted by Gasteiger charge is -2.13. The molecule has 4 aromatic rings. The van der Waals surface area contributed by atoms with E-state index in [1.165, 1.54) is 14.2 Å². The Bertz CT molecular complexity index is 1250. The third kappa shape index (κ3) is 4.43. The Labute approximate surface area is 190 Å². The van der Waals surface area contributed by atoms with E-state index in [0.29, 0.717) is 45.1 Å². The van der Waals surface area contributed by atoms with Gasteiger partial charge in [-0.05, 0) is 49.4 Å². The first-order valence-electron chi connectivity index (χ1n) is 9.72. The molecule has 0 aliphatic rings. The molecule has 7 nitrogen and oxygen atoms in total. The van der Waals surface area contributed by atoms with Gasteiger partial charge in [0, 0.05) is 22.8 Å². The van der Waals surface area contributed by atoms with Gasteiger partial charge in [-0.3, -0.25) is 4.79 Å². The fourth-order valence-corrected chi connectivity index (χ4v) is 3.31. The summed E-state index contributed by atoms with van der Waals surface area (Å²) in [5, 5.41) is 11.4. The van der Waals surface area contributed by atoms with E-state index in [4.69, 9.17) is 25.5 Å². The monoisotopic (exact) mass is 449 g/mol. The van der Waals surface area contributed by atoms with Gasteiger partial charge in [-0.2, -0.15) is 0 Å². The Morgan fingerprint density at radius 2 is 1.44 bits per heavy atom. The fraction of sp³-hybridized carbons (Fsp3) is 0.125. The maximum absolute atomic E-state index is 12.7. The van der Waals surface area contributed by atoms with Crippen molar-refractivity contribution in [2.45, 2.75) is 6.92 Å². The van der Waals surface area contributed by atoms with Crippen LogP contribution in [0.1, 0.15) is 15.9 Å². The number of rotatable bonds is 6. The Morgan fingerprint density at radius 1 is 0.875 bits per heavy atom. The van der Waals surface area contributed by atoms with Crippen molar-refractivity contribution in [1.82, 2.24) is 10.2 Å². The van der Waals surface area contributed by atoms with Crippen molar-refractivity contribution in [1.29, 1.82) is 0 Å². The van der Waals surface area contributed by atoms with Crippen molar-refractivity contribution in [3.05, 3.63) is 76.8 Å². The van der Waals surface area contributed by atoms with Gasteiger partial charge in [0.05, 0.1) is 24.9 Å². The zero-order valence-corrected chi connectivity index (χ0v) is 18.4. The molecule has 4 rings (SSSR count). The molecule has 3 aromatic carbocycles. The third-order valence-electron chi connectivity index (χ3n) is 4.84. The van der Waals surface area contributed by atoms with Gasteiger partial charge in [-0.15, -0.1) is 10.2 Å². The molecule has 0 fully saturated rings. The van der Waals surface area contributed by atoms with Gasteiger partial charge in [-0.25, -0.2) is 0 Å². The first-order chi connectivity index (χ1) is 15.5. The highest BCUT2D eigenvalue weighted by Crippen LogP contribution is 2.36. The standard InChI is InChI=1S/C24H20ClN3O4/c1-14-4-6-16(7-5-14)23-27-28-24(32-23)17-10-8-15(9-11-17)22(29)26-19-12-18(25)20(30-2)13-21(19)31-3/h4-13H,1-3H3,(H,26,29). The number of methoxy groups -OCH3 is 2. The number of hydrogen-bond donors (Lipinski definition) is 1. The van der Waals surface area contributed by atoms with Gasteiger partial charge < -0.3 is 19.2 Å². The topological polar surface area (TPSA) is 86.5 Å². The maximum atomic E-state index is 12.7. The highest BCUT2D eigenvalue weighted by molar-refractivity contribution is 6.32. The Morgan fingerprint density at radius 3 is 2.00 bits per heavy atom. The molecule has 1 amide bonds. The minimum Gasteiger partial charge on any atom is -0.495 e. The number of benzene rings is 3. The summed E-state index contributed by atoms with van der Waals surface area (Å²) < 4.78 is 16.3. The van der Waals surface area contributed by atoms with Crippen LogP contribution in [-0.2, 0) is 0 Å². The molecule has 8 heteroatoms. The molecule has 1 N–H and O–H groups in total. The first kappa shape index (κ1) is 21.4. The molecule has 0 bridgehead atoms. The molecule has 162 valence electrons. The van der Waals surface area contributed by atoms with Crippen LogP contribution in [-0.4, -0.2) is 30.3 Å². The van der Waals surface area contributed by atoms with Crippen molar-refractivity contribution in [2.24, 2.45) is 0 Å². The molecule has 0 atom stereocenters. The second-order valence-corrected chi connectivity index (χ2v) is 7.40. The van der Waals surface area contributed by atoms with Crippen LogP contribution in [0, 0.1) is 6.92 Å². The number of halogens is 1. The average Bonchev–Trinajstić information content (AvgIpc) is 3.30. The lowest BCUT2D eigenvalue weighted by atomic mass is 10.1. The van der Waals surface area contributed by atoms with Crippen molar-refractivity contribution >= 4 is 23.2 Å². The molecule has 0 aliphatic heterocycles. The van der Waals surface area contributed by atoms with Crippen LogP contribution in [0.2, 0.25) is 5.02 Å². The summed E-state index contributed by atoms with van der Waals surface area (Å²) in [6, 6.07) is 17.9. The van der Waals surface area contributed by atoms with E-state index in [1.54, 1.807) is 36.4 Å². The summed E-state index contributed by atoms with van der Waals surface area (Å²) in [4.78, 5) is 12.7. The number of carbonyl (C=O) groups is 1. The van der Waals surface area contributed by atoms with Gasteiger partial charge in [0.25, 0.3) is 5.91 Å². The zero-order valence-electron chi connectivity index (χ0n) is 17.7. The van der Waals surface area contributed by atoms with Crippen molar-refractivity contribution in [3.63, 3.8) is 0 Å². The van der Waals surface area contributed by atoms with E-state index in [9.17, 15) is 4.79 Å². The van der Waals surface area contributed by atoms with Gasteiger partial charge >= 0.3 is 0 Å². The second-order valence-electron chi connectivity index (χ2n) is 7.00. The quantitative estimate of drug-likeness (QED) is 0.410. The normalized spacial score (nSPS) is 10.6. The molecule has 32 heavy (non-hydrogen) atoms. The first-order valence-corrected chi connectivity index (χ1v) is 10.1. The molecular formula is C24H20ClN3O4. The predicted molar refractivity (Wildman–Crippen MR) is 122 cm³/mol. The molecule has 0 aliphatic carbocycles. The number of nitrogens with one attached hydrogen (secondary N) is 1. The highest BCUT2D eigenvalue weighted by atomic mass is 35.5. The second kappa shape index (κ2) is 9.11. The van der Waals surface area contributed by atoms with E-state index in [1.807, 2.05) is 31.2 Å². The van der Waals surface area contributed by atoms with E-state index < -0.39 is 0 Å². The van der Waals surface area contributed by atoms with Gasteiger partial charge in [0.2, 0.25) is 11.8 Å². The summed E-state index contributed by atoms with van der Waals surface area (Å²) in [6.45, 7) is 2.01. The van der Waals surface area contributed by atoms with Gasteiger partial charge in [0.15, 0.2) is 0 Å². The van der Waals surface area contributed by atoms with E-state index in [0.717, 1.165) is 11.1 Å². The minimum atomic E-state index is -0.318. The van der Waals surface area contributed by atoms with E-state index in [2.05, 4.69) is 15.5 Å². The molecule has 0 saturated heterocycles. The number of ether oxygens (including phenoxy) is 2. The number of anilines is 1. The lowest BCUT2D eigenvalue weighted by Crippen LogP contribution is -2.12. The van der Waals surface area contributed by atoms with Crippen LogP contribution in [0.25, 0.3) is 22.9 Å². The number of aromatic nitrogens is 2. The largest absolute Gasteiger partial charge is 0.495 e. The van der Waals surface area contributed by atoms with E-state index >= 15 is 0 Å². The molecule has 0 unspecified atom stereocenters. The zero-order chi connectivity index (χ0) is 22.7. The van der Waals surface area contributed by atoms with Crippen LogP contribution in [0.4, 0.5) is 5.69 Å². The predicted octanol–water partition coefficient (Wildman–Crippen LogP) is 5.63. The molecule has 0 radical (unpaired) electrons. The fourth-order valence-electron chi connectivity index (χ4n) is 3.07. The van der Waals surface area contributed by atoms with Crippen molar-refractivity contribution < 1.29 is 18.7 Å². The summed E-state index contributed by atoms with van der Waals surface area (Å²) in [5.41, 5.74) is 3.58. The van der Waals surface area contributed by atoms with Gasteiger partial charge in [0.1, 0.15) is 11.5 Å². The number of aryl methyl sites for hydroxylation is 1. The van der Waals surface area contributed by atoms with Crippen LogP contribution in [0.5, 0.6) is 11.5 Å². The van der Waals surface area contributed by atoms with Crippen LogP contribution in [0.3, 0.4) is 0 Å². The Kier molecular flexibility index (Phi) is 6.09. The summed E-state index contributed by atoms with van der Waals surface area (Å²) in [5.74, 6) is 1.38.